The number of halogens is 1. The molecular formula is C18H14ClN5O2S. The third kappa shape index (κ3) is 3.62. The van der Waals surface area contributed by atoms with Crippen molar-refractivity contribution in [2.24, 2.45) is 0 Å². The van der Waals surface area contributed by atoms with Gasteiger partial charge in [0.1, 0.15) is 11.6 Å². The van der Waals surface area contributed by atoms with Gasteiger partial charge in [-0.15, -0.1) is 0 Å². The van der Waals surface area contributed by atoms with Gasteiger partial charge in [-0.3, -0.25) is 14.3 Å². The van der Waals surface area contributed by atoms with Gasteiger partial charge in [0.05, 0.1) is 23.5 Å². The molecule has 0 aliphatic carbocycles. The second kappa shape index (κ2) is 6.64. The maximum absolute atomic E-state index is 11.4. The van der Waals surface area contributed by atoms with E-state index in [2.05, 4.69) is 14.7 Å². The van der Waals surface area contributed by atoms with Crippen molar-refractivity contribution in [2.45, 2.75) is 0 Å². The maximum atomic E-state index is 11.4. The summed E-state index contributed by atoms with van der Waals surface area (Å²) >= 11 is 6.02. The summed E-state index contributed by atoms with van der Waals surface area (Å²) in [6, 6.07) is 12.6. The molecule has 3 aromatic heterocycles. The number of benzene rings is 1. The van der Waals surface area contributed by atoms with E-state index < -0.39 is 10.0 Å². The number of anilines is 1. The van der Waals surface area contributed by atoms with E-state index in [1.54, 1.807) is 42.9 Å². The number of sulfonamides is 1. The lowest BCUT2D eigenvalue weighted by molar-refractivity contribution is 0.606. The maximum Gasteiger partial charge on any atom is 0.230 e. The highest BCUT2D eigenvalue weighted by molar-refractivity contribution is 7.92. The summed E-state index contributed by atoms with van der Waals surface area (Å²) in [6.07, 6.45) is 6.08. The smallest absolute Gasteiger partial charge is 0.230 e. The highest BCUT2D eigenvalue weighted by atomic mass is 35.5. The van der Waals surface area contributed by atoms with E-state index in [4.69, 9.17) is 16.6 Å². The Morgan fingerprint density at radius 2 is 1.81 bits per heavy atom. The predicted molar refractivity (Wildman–Crippen MR) is 106 cm³/mol. The normalized spacial score (nSPS) is 11.6. The van der Waals surface area contributed by atoms with E-state index in [1.165, 1.54) is 0 Å². The van der Waals surface area contributed by atoms with Gasteiger partial charge in [-0.25, -0.2) is 18.4 Å². The van der Waals surface area contributed by atoms with Gasteiger partial charge >= 0.3 is 0 Å². The number of hydrogen-bond donors (Lipinski definition) is 1. The quantitative estimate of drug-likeness (QED) is 0.567. The summed E-state index contributed by atoms with van der Waals surface area (Å²) in [5, 5.41) is 0.640. The van der Waals surface area contributed by atoms with Gasteiger partial charge in [0.15, 0.2) is 0 Å². The molecular weight excluding hydrogens is 386 g/mol. The van der Waals surface area contributed by atoms with Gasteiger partial charge in [-0.1, -0.05) is 11.6 Å². The van der Waals surface area contributed by atoms with Crippen LogP contribution in [-0.2, 0) is 10.0 Å². The van der Waals surface area contributed by atoms with Crippen LogP contribution in [0.15, 0.2) is 61.1 Å². The van der Waals surface area contributed by atoms with Crippen LogP contribution in [0.1, 0.15) is 0 Å². The summed E-state index contributed by atoms with van der Waals surface area (Å²) < 4.78 is 27.0. The molecule has 27 heavy (non-hydrogen) atoms. The molecule has 4 rings (SSSR count). The Hall–Kier alpha value is -2.97. The van der Waals surface area contributed by atoms with Crippen LogP contribution < -0.4 is 4.72 Å². The van der Waals surface area contributed by atoms with E-state index in [0.717, 1.165) is 28.5 Å². The van der Waals surface area contributed by atoms with Gasteiger partial charge in [-0.05, 0) is 42.5 Å². The van der Waals surface area contributed by atoms with Crippen molar-refractivity contribution in [1.82, 2.24) is 19.5 Å². The first kappa shape index (κ1) is 17.4. The molecule has 0 amide bonds. The van der Waals surface area contributed by atoms with Crippen molar-refractivity contribution in [1.29, 1.82) is 0 Å². The van der Waals surface area contributed by atoms with E-state index in [1.807, 2.05) is 22.8 Å². The first-order valence-electron chi connectivity index (χ1n) is 7.93. The molecule has 1 aromatic carbocycles. The average molecular weight is 400 g/mol. The van der Waals surface area contributed by atoms with Crippen molar-refractivity contribution in [3.05, 3.63) is 66.1 Å². The molecule has 136 valence electrons. The molecule has 0 atom stereocenters. The van der Waals surface area contributed by atoms with Gasteiger partial charge in [0, 0.05) is 28.7 Å². The van der Waals surface area contributed by atoms with Crippen LogP contribution in [0.25, 0.3) is 28.1 Å². The SMILES string of the molecule is CS(=O)(=O)Nc1ccc(-c2nc3ccncc3n2-c2ccc(Cl)cc2)cn1. The number of rotatable bonds is 4. The molecule has 0 spiro atoms. The monoisotopic (exact) mass is 399 g/mol. The van der Waals surface area contributed by atoms with Crippen molar-refractivity contribution >= 4 is 38.5 Å². The first-order chi connectivity index (χ1) is 12.9. The Morgan fingerprint density at radius 1 is 1.04 bits per heavy atom. The van der Waals surface area contributed by atoms with Crippen molar-refractivity contribution in [3.8, 4) is 17.1 Å². The average Bonchev–Trinajstić information content (AvgIpc) is 3.01. The molecule has 0 fully saturated rings. The molecule has 0 saturated carbocycles. The minimum atomic E-state index is -3.38. The molecule has 1 N–H and O–H groups in total. The topological polar surface area (TPSA) is 89.8 Å². The Kier molecular flexibility index (Phi) is 4.29. The second-order valence-electron chi connectivity index (χ2n) is 5.92. The Morgan fingerprint density at radius 3 is 2.48 bits per heavy atom. The Bertz CT molecular complexity index is 1220. The number of pyridine rings is 2. The van der Waals surface area contributed by atoms with Crippen LogP contribution in [0.5, 0.6) is 0 Å². The fourth-order valence-electron chi connectivity index (χ4n) is 2.75. The van der Waals surface area contributed by atoms with Gasteiger partial charge < -0.3 is 0 Å². The number of hydrogen-bond acceptors (Lipinski definition) is 5. The predicted octanol–water partition coefficient (Wildman–Crippen LogP) is 3.51. The lowest BCUT2D eigenvalue weighted by atomic mass is 10.2. The van der Waals surface area contributed by atoms with Crippen molar-refractivity contribution in [2.75, 3.05) is 11.0 Å². The lowest BCUT2D eigenvalue weighted by Gasteiger charge is -2.10. The zero-order chi connectivity index (χ0) is 19.0. The van der Waals surface area contributed by atoms with Gasteiger partial charge in [-0.2, -0.15) is 0 Å². The molecule has 3 heterocycles. The molecule has 9 heteroatoms. The largest absolute Gasteiger partial charge is 0.291 e. The third-order valence-electron chi connectivity index (χ3n) is 3.85. The van der Waals surface area contributed by atoms with E-state index in [9.17, 15) is 8.42 Å². The molecule has 0 aliphatic rings. The standard InChI is InChI=1S/C18H14ClN5O2S/c1-27(25,26)23-17-7-2-12(10-21-17)18-22-15-8-9-20-11-16(15)24(18)14-5-3-13(19)4-6-14/h2-11H,1H3,(H,21,23). The second-order valence-corrected chi connectivity index (χ2v) is 8.10. The van der Waals surface area contributed by atoms with Gasteiger partial charge in [0.2, 0.25) is 10.0 Å². The van der Waals surface area contributed by atoms with E-state index >= 15 is 0 Å². The number of nitrogens with zero attached hydrogens (tertiary/aromatic N) is 4. The molecule has 0 unspecified atom stereocenters. The minimum absolute atomic E-state index is 0.247. The zero-order valence-electron chi connectivity index (χ0n) is 14.2. The number of fused-ring (bicyclic) bond motifs is 1. The summed E-state index contributed by atoms with van der Waals surface area (Å²) in [7, 11) is -3.38. The fourth-order valence-corrected chi connectivity index (χ4v) is 3.37. The van der Waals surface area contributed by atoms with Crippen molar-refractivity contribution < 1.29 is 8.42 Å². The Labute approximate surface area is 160 Å². The summed E-state index contributed by atoms with van der Waals surface area (Å²) in [5.74, 6) is 0.913. The molecule has 0 radical (unpaired) electrons. The summed E-state index contributed by atoms with van der Waals surface area (Å²) in [4.78, 5) is 13.1. The molecule has 0 saturated heterocycles. The zero-order valence-corrected chi connectivity index (χ0v) is 15.7. The minimum Gasteiger partial charge on any atom is -0.291 e. The van der Waals surface area contributed by atoms with Crippen LogP contribution in [0.4, 0.5) is 5.82 Å². The third-order valence-corrected chi connectivity index (χ3v) is 4.69. The van der Waals surface area contributed by atoms with Crippen LogP contribution in [0.3, 0.4) is 0 Å². The highest BCUT2D eigenvalue weighted by Crippen LogP contribution is 2.28. The number of aromatic nitrogens is 4. The summed E-state index contributed by atoms with van der Waals surface area (Å²) in [5.41, 5.74) is 3.24. The molecule has 7 nitrogen and oxygen atoms in total. The molecule has 0 aliphatic heterocycles. The van der Waals surface area contributed by atoms with Crippen molar-refractivity contribution in [3.63, 3.8) is 0 Å². The number of nitrogens with one attached hydrogen (secondary N) is 1. The van der Waals surface area contributed by atoms with Crippen LogP contribution in [0.2, 0.25) is 5.02 Å². The molecule has 0 bridgehead atoms. The van der Waals surface area contributed by atoms with E-state index in [0.29, 0.717) is 10.8 Å². The molecule has 4 aromatic rings. The van der Waals surface area contributed by atoms with Crippen LogP contribution in [-0.4, -0.2) is 34.2 Å². The summed E-state index contributed by atoms with van der Waals surface area (Å²) in [6.45, 7) is 0. The lowest BCUT2D eigenvalue weighted by Crippen LogP contribution is -2.10. The van der Waals surface area contributed by atoms with Crippen LogP contribution in [0, 0.1) is 0 Å². The van der Waals surface area contributed by atoms with E-state index in [-0.39, 0.29) is 5.82 Å². The Balaban J connectivity index is 1.86. The first-order valence-corrected chi connectivity index (χ1v) is 10.2. The number of imidazole rings is 1. The van der Waals surface area contributed by atoms with Gasteiger partial charge in [0.25, 0.3) is 0 Å². The fraction of sp³-hybridized carbons (Fsp3) is 0.0556. The highest BCUT2D eigenvalue weighted by Gasteiger charge is 2.15. The van der Waals surface area contributed by atoms with Crippen LogP contribution >= 0.6 is 11.6 Å².